The van der Waals surface area contributed by atoms with Crippen molar-refractivity contribution in [2.75, 3.05) is 43.2 Å². The van der Waals surface area contributed by atoms with E-state index in [0.29, 0.717) is 10.7 Å². The molecule has 0 saturated carbocycles. The first-order valence-electron chi connectivity index (χ1n) is 9.15. The number of hydrazone groups is 1. The molecule has 1 N–H and O–H groups in total. The van der Waals surface area contributed by atoms with Crippen LogP contribution in [-0.4, -0.2) is 54.4 Å². The van der Waals surface area contributed by atoms with E-state index in [0.717, 1.165) is 62.9 Å². The minimum absolute atomic E-state index is 0.144. The van der Waals surface area contributed by atoms with Gasteiger partial charge in [0.25, 0.3) is 5.91 Å². The van der Waals surface area contributed by atoms with E-state index >= 15 is 0 Å². The maximum absolute atomic E-state index is 12.5. The summed E-state index contributed by atoms with van der Waals surface area (Å²) < 4.78 is 5.36. The van der Waals surface area contributed by atoms with Crippen molar-refractivity contribution in [2.24, 2.45) is 5.10 Å². The Kier molecular flexibility index (Phi) is 5.47. The zero-order valence-corrected chi connectivity index (χ0v) is 16.2. The van der Waals surface area contributed by atoms with Crippen LogP contribution in [0.25, 0.3) is 0 Å². The minimum atomic E-state index is -0.144. The molecule has 2 aromatic rings. The highest BCUT2D eigenvalue weighted by molar-refractivity contribution is 7.13. The van der Waals surface area contributed by atoms with Gasteiger partial charge in [-0.05, 0) is 31.2 Å². The van der Waals surface area contributed by atoms with Crippen molar-refractivity contribution >= 4 is 33.8 Å². The van der Waals surface area contributed by atoms with Gasteiger partial charge in [-0.25, -0.2) is 4.98 Å². The van der Waals surface area contributed by atoms with E-state index in [-0.39, 0.29) is 5.91 Å². The number of benzene rings is 1. The first-order chi connectivity index (χ1) is 13.2. The molecule has 1 aromatic carbocycles. The summed E-state index contributed by atoms with van der Waals surface area (Å²) in [5, 5.41) is 12.0. The van der Waals surface area contributed by atoms with Crippen LogP contribution in [0.4, 0.5) is 10.8 Å². The molecule has 0 spiro atoms. The third-order valence-electron chi connectivity index (χ3n) is 4.67. The SMILES string of the molecule is CC1=NN(c2ccc(C(=O)Nc3nc(CN4CCOCC4)cs3)cc2)CC1. The number of thiazole rings is 1. The van der Waals surface area contributed by atoms with Crippen molar-refractivity contribution in [3.63, 3.8) is 0 Å². The summed E-state index contributed by atoms with van der Waals surface area (Å²) in [6, 6.07) is 7.53. The maximum atomic E-state index is 12.5. The van der Waals surface area contributed by atoms with E-state index in [9.17, 15) is 4.79 Å². The van der Waals surface area contributed by atoms with Gasteiger partial charge in [-0.3, -0.25) is 20.0 Å². The molecule has 8 heteroatoms. The van der Waals surface area contributed by atoms with E-state index < -0.39 is 0 Å². The minimum Gasteiger partial charge on any atom is -0.379 e. The summed E-state index contributed by atoms with van der Waals surface area (Å²) in [6.07, 6.45) is 0.985. The fraction of sp³-hybridized carbons (Fsp3) is 0.421. The Labute approximate surface area is 162 Å². The van der Waals surface area contributed by atoms with Gasteiger partial charge in [-0.15, -0.1) is 11.3 Å². The molecule has 4 rings (SSSR count). The van der Waals surface area contributed by atoms with Gasteiger partial charge in [0.1, 0.15) is 0 Å². The molecule has 1 saturated heterocycles. The Balaban J connectivity index is 1.35. The Hall–Kier alpha value is -2.29. The second-order valence-corrected chi connectivity index (χ2v) is 7.60. The zero-order valence-electron chi connectivity index (χ0n) is 15.4. The average Bonchev–Trinajstić information content (AvgIpc) is 3.31. The van der Waals surface area contributed by atoms with Crippen molar-refractivity contribution < 1.29 is 9.53 Å². The fourth-order valence-electron chi connectivity index (χ4n) is 3.14. The van der Waals surface area contributed by atoms with Crippen LogP contribution < -0.4 is 10.3 Å². The van der Waals surface area contributed by atoms with Crippen molar-refractivity contribution in [3.8, 4) is 0 Å². The lowest BCUT2D eigenvalue weighted by molar-refractivity contribution is 0.0337. The van der Waals surface area contributed by atoms with Gasteiger partial charge in [0.15, 0.2) is 5.13 Å². The number of hydrogen-bond donors (Lipinski definition) is 1. The number of carbonyl (C=O) groups excluding carboxylic acids is 1. The van der Waals surface area contributed by atoms with Crippen LogP contribution in [0.2, 0.25) is 0 Å². The van der Waals surface area contributed by atoms with Gasteiger partial charge in [-0.2, -0.15) is 5.10 Å². The van der Waals surface area contributed by atoms with Crippen LogP contribution in [-0.2, 0) is 11.3 Å². The van der Waals surface area contributed by atoms with E-state index in [1.165, 1.54) is 11.3 Å². The predicted molar refractivity (Wildman–Crippen MR) is 108 cm³/mol. The molecule has 1 amide bonds. The molecule has 1 aromatic heterocycles. The van der Waals surface area contributed by atoms with Crippen LogP contribution in [0, 0.1) is 0 Å². The van der Waals surface area contributed by atoms with Crippen LogP contribution in [0.5, 0.6) is 0 Å². The molecule has 0 unspecified atom stereocenters. The van der Waals surface area contributed by atoms with Crippen molar-refractivity contribution in [2.45, 2.75) is 19.9 Å². The Morgan fingerprint density at radius 1 is 1.22 bits per heavy atom. The van der Waals surface area contributed by atoms with Gasteiger partial charge in [0, 0.05) is 49.3 Å². The highest BCUT2D eigenvalue weighted by Crippen LogP contribution is 2.21. The quantitative estimate of drug-likeness (QED) is 0.857. The Morgan fingerprint density at radius 2 is 2.00 bits per heavy atom. The zero-order chi connectivity index (χ0) is 18.6. The summed E-state index contributed by atoms with van der Waals surface area (Å²) in [5.41, 5.74) is 3.73. The Bertz CT molecular complexity index is 827. The van der Waals surface area contributed by atoms with E-state index in [2.05, 4.69) is 20.3 Å². The van der Waals surface area contributed by atoms with Gasteiger partial charge in [0.2, 0.25) is 0 Å². The molecule has 0 bridgehead atoms. The highest BCUT2D eigenvalue weighted by Gasteiger charge is 2.15. The number of nitrogens with zero attached hydrogens (tertiary/aromatic N) is 4. The normalized spacial score (nSPS) is 17.8. The number of ether oxygens (including phenoxy) is 1. The van der Waals surface area contributed by atoms with Crippen molar-refractivity contribution in [3.05, 3.63) is 40.9 Å². The third-order valence-corrected chi connectivity index (χ3v) is 5.47. The molecule has 1 fully saturated rings. The lowest BCUT2D eigenvalue weighted by Crippen LogP contribution is -2.35. The van der Waals surface area contributed by atoms with Crippen LogP contribution >= 0.6 is 11.3 Å². The first kappa shape index (κ1) is 18.1. The molecule has 0 radical (unpaired) electrons. The summed E-state index contributed by atoms with van der Waals surface area (Å²) in [6.45, 7) is 7.10. The number of amides is 1. The van der Waals surface area contributed by atoms with Crippen molar-refractivity contribution in [1.29, 1.82) is 0 Å². The molecule has 2 aliphatic heterocycles. The monoisotopic (exact) mass is 385 g/mol. The summed E-state index contributed by atoms with van der Waals surface area (Å²) in [5.74, 6) is -0.144. The van der Waals surface area contributed by atoms with Gasteiger partial charge in [-0.1, -0.05) is 0 Å². The second-order valence-electron chi connectivity index (χ2n) is 6.74. The van der Waals surface area contributed by atoms with Gasteiger partial charge >= 0.3 is 0 Å². The molecule has 142 valence electrons. The summed E-state index contributed by atoms with van der Waals surface area (Å²) in [7, 11) is 0. The smallest absolute Gasteiger partial charge is 0.257 e. The van der Waals surface area contributed by atoms with Gasteiger partial charge < -0.3 is 4.74 Å². The molecule has 0 atom stereocenters. The average molecular weight is 385 g/mol. The number of aromatic nitrogens is 1. The van der Waals surface area contributed by atoms with Crippen LogP contribution in [0.3, 0.4) is 0 Å². The fourth-order valence-corrected chi connectivity index (χ4v) is 3.84. The van der Waals surface area contributed by atoms with E-state index in [1.54, 1.807) is 0 Å². The maximum Gasteiger partial charge on any atom is 0.257 e. The largest absolute Gasteiger partial charge is 0.379 e. The van der Waals surface area contributed by atoms with Crippen LogP contribution in [0.1, 0.15) is 29.4 Å². The summed E-state index contributed by atoms with van der Waals surface area (Å²) in [4.78, 5) is 19.3. The standard InChI is InChI=1S/C19H23N5O2S/c1-14-6-7-24(22-14)17-4-2-15(3-5-17)18(25)21-19-20-16(13-27-19)12-23-8-10-26-11-9-23/h2-5,13H,6-12H2,1H3,(H,20,21,25). The number of morpholine rings is 1. The lowest BCUT2D eigenvalue weighted by Gasteiger charge is -2.25. The predicted octanol–water partition coefficient (Wildman–Crippen LogP) is 2.81. The first-order valence-corrected chi connectivity index (χ1v) is 10.0. The molecular weight excluding hydrogens is 362 g/mol. The third kappa shape index (κ3) is 4.52. The molecule has 7 nitrogen and oxygen atoms in total. The van der Waals surface area contributed by atoms with Crippen molar-refractivity contribution in [1.82, 2.24) is 9.88 Å². The highest BCUT2D eigenvalue weighted by atomic mass is 32.1. The lowest BCUT2D eigenvalue weighted by atomic mass is 10.2. The molecular formula is C19H23N5O2S. The topological polar surface area (TPSA) is 70.1 Å². The number of rotatable bonds is 5. The second kappa shape index (κ2) is 8.16. The molecule has 2 aliphatic rings. The van der Waals surface area contributed by atoms with E-state index in [4.69, 9.17) is 4.74 Å². The molecule has 27 heavy (non-hydrogen) atoms. The van der Waals surface area contributed by atoms with Gasteiger partial charge in [0.05, 0.1) is 24.6 Å². The molecule has 3 heterocycles. The van der Waals surface area contributed by atoms with E-state index in [1.807, 2.05) is 41.6 Å². The Morgan fingerprint density at radius 3 is 2.70 bits per heavy atom. The summed E-state index contributed by atoms with van der Waals surface area (Å²) >= 11 is 1.46. The van der Waals surface area contributed by atoms with Crippen LogP contribution in [0.15, 0.2) is 34.7 Å². The number of carbonyl (C=O) groups is 1. The number of anilines is 2. The number of nitrogens with one attached hydrogen (secondary N) is 1. The number of hydrogen-bond acceptors (Lipinski definition) is 7. The molecule has 0 aliphatic carbocycles.